The van der Waals surface area contributed by atoms with Crippen LogP contribution in [0.1, 0.15) is 12.5 Å². The number of hydrogen-bond acceptors (Lipinski definition) is 3. The fraction of sp³-hybridized carbons (Fsp3) is 0.300. The molecule has 6 heteroatoms. The Morgan fingerprint density at radius 3 is 2.19 bits per heavy atom. The summed E-state index contributed by atoms with van der Waals surface area (Å²) in [4.78, 5) is 10.8. The van der Waals surface area contributed by atoms with Gasteiger partial charge in [0, 0.05) is 6.54 Å². The van der Waals surface area contributed by atoms with Crippen molar-refractivity contribution < 1.29 is 18.3 Å². The molecule has 0 radical (unpaired) electrons. The molecule has 0 unspecified atom stereocenters. The van der Waals surface area contributed by atoms with E-state index in [0.29, 0.717) is 4.31 Å². The predicted molar refractivity (Wildman–Crippen MR) is 58.8 cm³/mol. The van der Waals surface area contributed by atoms with Crippen molar-refractivity contribution in [2.45, 2.75) is 18.7 Å². The second-order valence-corrected chi connectivity index (χ2v) is 5.13. The zero-order valence-corrected chi connectivity index (χ0v) is 9.86. The highest BCUT2D eigenvalue weighted by molar-refractivity contribution is 7.89. The highest BCUT2D eigenvalue weighted by atomic mass is 32.2. The summed E-state index contributed by atoms with van der Waals surface area (Å²) < 4.78 is 24.1. The summed E-state index contributed by atoms with van der Waals surface area (Å²) >= 11 is 0. The third-order valence-corrected chi connectivity index (χ3v) is 3.97. The number of aryl methyl sites for hydroxylation is 1. The molecule has 0 aliphatic rings. The monoisotopic (exact) mass is 243 g/mol. The summed E-state index contributed by atoms with van der Waals surface area (Å²) in [7, 11) is -3.93. The summed E-state index contributed by atoms with van der Waals surface area (Å²) in [6.07, 6.45) is -1.47. The third kappa shape index (κ3) is 2.33. The van der Waals surface area contributed by atoms with E-state index in [1.54, 1.807) is 12.1 Å². The topological polar surface area (TPSA) is 74.7 Å². The molecule has 0 saturated carbocycles. The lowest BCUT2D eigenvalue weighted by atomic mass is 10.2. The minimum Gasteiger partial charge on any atom is -0.464 e. The molecule has 0 spiro atoms. The van der Waals surface area contributed by atoms with Gasteiger partial charge in [0.25, 0.3) is 10.0 Å². The van der Waals surface area contributed by atoms with Gasteiger partial charge in [-0.15, -0.1) is 0 Å². The number of benzene rings is 1. The van der Waals surface area contributed by atoms with Gasteiger partial charge in [0.15, 0.2) is 0 Å². The maximum atomic E-state index is 11.9. The van der Waals surface area contributed by atoms with E-state index in [4.69, 9.17) is 5.11 Å². The SMILES string of the molecule is CCN(C(=O)O)S(=O)(=O)c1ccc(C)cc1. The van der Waals surface area contributed by atoms with Crippen LogP contribution in [-0.4, -0.2) is 30.5 Å². The molecule has 1 N–H and O–H groups in total. The summed E-state index contributed by atoms with van der Waals surface area (Å²) in [5.41, 5.74) is 0.914. The van der Waals surface area contributed by atoms with E-state index >= 15 is 0 Å². The number of amides is 1. The van der Waals surface area contributed by atoms with E-state index < -0.39 is 16.1 Å². The fourth-order valence-electron chi connectivity index (χ4n) is 1.25. The van der Waals surface area contributed by atoms with Gasteiger partial charge in [-0.25, -0.2) is 17.5 Å². The van der Waals surface area contributed by atoms with E-state index in [2.05, 4.69) is 0 Å². The Hall–Kier alpha value is -1.56. The van der Waals surface area contributed by atoms with Gasteiger partial charge in [-0.2, -0.15) is 0 Å². The smallest absolute Gasteiger partial charge is 0.421 e. The van der Waals surface area contributed by atoms with Crippen LogP contribution in [0.3, 0.4) is 0 Å². The number of rotatable bonds is 3. The Morgan fingerprint density at radius 2 is 1.81 bits per heavy atom. The van der Waals surface area contributed by atoms with Gasteiger partial charge in [-0.1, -0.05) is 17.7 Å². The molecule has 0 saturated heterocycles. The number of carbonyl (C=O) groups is 1. The van der Waals surface area contributed by atoms with Crippen LogP contribution in [0.25, 0.3) is 0 Å². The lowest BCUT2D eigenvalue weighted by Gasteiger charge is -2.17. The molecule has 0 bridgehead atoms. The average molecular weight is 243 g/mol. The van der Waals surface area contributed by atoms with Crippen molar-refractivity contribution in [3.8, 4) is 0 Å². The number of sulfonamides is 1. The molecule has 5 nitrogen and oxygen atoms in total. The summed E-state index contributed by atoms with van der Waals surface area (Å²) in [6, 6.07) is 6.05. The summed E-state index contributed by atoms with van der Waals surface area (Å²) in [5, 5.41) is 8.77. The lowest BCUT2D eigenvalue weighted by Crippen LogP contribution is -2.35. The second-order valence-electron chi connectivity index (χ2n) is 3.27. The Balaban J connectivity index is 3.20. The highest BCUT2D eigenvalue weighted by Gasteiger charge is 2.27. The van der Waals surface area contributed by atoms with Gasteiger partial charge in [0.1, 0.15) is 0 Å². The van der Waals surface area contributed by atoms with Crippen molar-refractivity contribution >= 4 is 16.1 Å². The van der Waals surface area contributed by atoms with Gasteiger partial charge in [-0.3, -0.25) is 0 Å². The zero-order valence-electron chi connectivity index (χ0n) is 9.04. The Labute approximate surface area is 94.4 Å². The van der Waals surface area contributed by atoms with Gasteiger partial charge < -0.3 is 5.11 Å². The van der Waals surface area contributed by atoms with Crippen molar-refractivity contribution in [2.24, 2.45) is 0 Å². The number of nitrogens with zero attached hydrogens (tertiary/aromatic N) is 1. The standard InChI is InChI=1S/C10H13NO4S/c1-3-11(10(12)13)16(14,15)9-6-4-8(2)5-7-9/h4-7H,3H2,1-2H3,(H,12,13). The van der Waals surface area contributed by atoms with Crippen LogP contribution >= 0.6 is 0 Å². The van der Waals surface area contributed by atoms with Crippen LogP contribution in [-0.2, 0) is 10.0 Å². The quantitative estimate of drug-likeness (QED) is 0.876. The molecule has 1 aromatic carbocycles. The molecular weight excluding hydrogens is 230 g/mol. The first kappa shape index (κ1) is 12.5. The van der Waals surface area contributed by atoms with Gasteiger partial charge >= 0.3 is 6.09 Å². The maximum absolute atomic E-state index is 11.9. The third-order valence-electron chi connectivity index (χ3n) is 2.11. The molecule has 0 fully saturated rings. The van der Waals surface area contributed by atoms with Crippen molar-refractivity contribution in [3.05, 3.63) is 29.8 Å². The first-order chi connectivity index (χ1) is 7.39. The van der Waals surface area contributed by atoms with Crippen LogP contribution in [0.2, 0.25) is 0 Å². The first-order valence-corrected chi connectivity index (χ1v) is 6.16. The molecule has 0 aliphatic heterocycles. The molecule has 0 aliphatic carbocycles. The highest BCUT2D eigenvalue weighted by Crippen LogP contribution is 2.16. The Morgan fingerprint density at radius 1 is 1.31 bits per heavy atom. The summed E-state index contributed by atoms with van der Waals surface area (Å²) in [6.45, 7) is 3.19. The molecule has 1 aromatic rings. The van der Waals surface area contributed by atoms with Crippen LogP contribution in [0.4, 0.5) is 4.79 Å². The normalized spacial score (nSPS) is 11.1. The van der Waals surface area contributed by atoms with Crippen LogP contribution in [0, 0.1) is 6.92 Å². The average Bonchev–Trinajstić information content (AvgIpc) is 2.18. The van der Waals surface area contributed by atoms with Gasteiger partial charge in [0.2, 0.25) is 0 Å². The Bertz CT molecular complexity index is 478. The van der Waals surface area contributed by atoms with Crippen molar-refractivity contribution in [1.29, 1.82) is 0 Å². The van der Waals surface area contributed by atoms with E-state index in [-0.39, 0.29) is 11.4 Å². The molecule has 1 rings (SSSR count). The number of hydrogen-bond donors (Lipinski definition) is 1. The largest absolute Gasteiger partial charge is 0.464 e. The van der Waals surface area contributed by atoms with Crippen LogP contribution in [0.15, 0.2) is 29.2 Å². The minimum absolute atomic E-state index is 0.0117. The molecule has 0 heterocycles. The van der Waals surface area contributed by atoms with E-state index in [0.717, 1.165) is 5.56 Å². The molecule has 16 heavy (non-hydrogen) atoms. The maximum Gasteiger partial charge on any atom is 0.421 e. The molecule has 0 atom stereocenters. The fourth-order valence-corrected chi connectivity index (χ4v) is 2.53. The van der Waals surface area contributed by atoms with E-state index in [1.807, 2.05) is 6.92 Å². The number of carboxylic acid groups (broad SMARTS) is 1. The van der Waals surface area contributed by atoms with Gasteiger partial charge in [-0.05, 0) is 26.0 Å². The van der Waals surface area contributed by atoms with E-state index in [9.17, 15) is 13.2 Å². The molecule has 88 valence electrons. The minimum atomic E-state index is -3.93. The van der Waals surface area contributed by atoms with E-state index in [1.165, 1.54) is 19.1 Å². The first-order valence-electron chi connectivity index (χ1n) is 4.72. The van der Waals surface area contributed by atoms with Crippen molar-refractivity contribution in [1.82, 2.24) is 4.31 Å². The second kappa shape index (κ2) is 4.52. The predicted octanol–water partition coefficient (Wildman–Crippen LogP) is 1.68. The van der Waals surface area contributed by atoms with Gasteiger partial charge in [0.05, 0.1) is 4.90 Å². The molecule has 1 amide bonds. The lowest BCUT2D eigenvalue weighted by molar-refractivity contribution is 0.173. The van der Waals surface area contributed by atoms with Crippen molar-refractivity contribution in [2.75, 3.05) is 6.54 Å². The van der Waals surface area contributed by atoms with Crippen LogP contribution < -0.4 is 0 Å². The zero-order chi connectivity index (χ0) is 12.3. The van der Waals surface area contributed by atoms with Crippen LogP contribution in [0.5, 0.6) is 0 Å². The summed E-state index contributed by atoms with van der Waals surface area (Å²) in [5.74, 6) is 0. The molecular formula is C10H13NO4S. The molecule has 0 aromatic heterocycles. The Kier molecular flexibility index (Phi) is 3.54. The van der Waals surface area contributed by atoms with Crippen molar-refractivity contribution in [3.63, 3.8) is 0 Å².